The van der Waals surface area contributed by atoms with Crippen LogP contribution in [-0.2, 0) is 0 Å². The molecule has 5 heteroatoms. The van der Waals surface area contributed by atoms with Crippen molar-refractivity contribution in [3.63, 3.8) is 0 Å². The number of benzene rings is 1. The maximum Gasteiger partial charge on any atom is 0.253 e. The van der Waals surface area contributed by atoms with Gasteiger partial charge in [0.05, 0.1) is 19.3 Å². The minimum Gasteiger partial charge on any atom is -0.495 e. The van der Waals surface area contributed by atoms with Crippen LogP contribution in [0, 0.1) is 11.8 Å². The normalized spacial score (nSPS) is 9.71. The average Bonchev–Trinajstić information content (AvgIpc) is 2.51. The number of ether oxygens (including phenoxy) is 1. The van der Waals surface area contributed by atoms with Crippen molar-refractivity contribution in [2.24, 2.45) is 0 Å². The predicted molar refractivity (Wildman–Crippen MR) is 80.2 cm³/mol. The summed E-state index contributed by atoms with van der Waals surface area (Å²) in [6.45, 7) is 2.54. The smallest absolute Gasteiger partial charge is 0.253 e. The van der Waals surface area contributed by atoms with Gasteiger partial charge in [0, 0.05) is 18.7 Å². The Bertz CT molecular complexity index is 525. The second-order valence-electron chi connectivity index (χ2n) is 4.39. The maximum atomic E-state index is 12.4. The SMILES string of the molecule is CCCN(CCO)C(=O)c1ccc(OC)c(C#CCO)c1. The van der Waals surface area contributed by atoms with Crippen molar-refractivity contribution in [1.82, 2.24) is 4.90 Å². The first-order valence-corrected chi connectivity index (χ1v) is 6.85. The summed E-state index contributed by atoms with van der Waals surface area (Å²) in [5, 5.41) is 17.8. The van der Waals surface area contributed by atoms with E-state index in [-0.39, 0.29) is 19.1 Å². The van der Waals surface area contributed by atoms with E-state index in [0.29, 0.717) is 30.0 Å². The fourth-order valence-corrected chi connectivity index (χ4v) is 1.96. The Morgan fingerprint density at radius 1 is 1.33 bits per heavy atom. The van der Waals surface area contributed by atoms with Gasteiger partial charge in [-0.1, -0.05) is 18.8 Å². The molecule has 1 aromatic carbocycles. The molecular formula is C16H21NO4. The monoisotopic (exact) mass is 291 g/mol. The number of carbonyl (C=O) groups is 1. The molecule has 1 rings (SSSR count). The summed E-state index contributed by atoms with van der Waals surface area (Å²) >= 11 is 0. The summed E-state index contributed by atoms with van der Waals surface area (Å²) in [5.74, 6) is 5.71. The number of aliphatic hydroxyl groups is 2. The highest BCUT2D eigenvalue weighted by Gasteiger charge is 2.16. The zero-order valence-corrected chi connectivity index (χ0v) is 12.4. The first-order valence-electron chi connectivity index (χ1n) is 6.85. The van der Waals surface area contributed by atoms with Gasteiger partial charge in [-0.15, -0.1) is 0 Å². The molecule has 0 radical (unpaired) electrons. The first kappa shape index (κ1) is 17.0. The lowest BCUT2D eigenvalue weighted by Crippen LogP contribution is -2.34. The number of methoxy groups -OCH3 is 1. The van der Waals surface area contributed by atoms with Crippen LogP contribution < -0.4 is 4.74 Å². The number of amides is 1. The third-order valence-corrected chi connectivity index (χ3v) is 2.90. The molecule has 0 bridgehead atoms. The van der Waals surface area contributed by atoms with E-state index in [1.54, 1.807) is 23.1 Å². The largest absolute Gasteiger partial charge is 0.495 e. The van der Waals surface area contributed by atoms with Gasteiger partial charge in [0.1, 0.15) is 12.4 Å². The standard InChI is InChI=1S/C16H21NO4/c1-3-8-17(9-11-19)16(20)14-6-7-15(21-2)13(12-14)5-4-10-18/h6-7,12,18-19H,3,8-11H2,1-2H3. The van der Waals surface area contributed by atoms with Crippen LogP contribution in [0.3, 0.4) is 0 Å². The molecule has 0 fully saturated rings. The van der Waals surface area contributed by atoms with Gasteiger partial charge in [-0.2, -0.15) is 0 Å². The van der Waals surface area contributed by atoms with Crippen molar-refractivity contribution in [1.29, 1.82) is 0 Å². The van der Waals surface area contributed by atoms with Crippen molar-refractivity contribution < 1.29 is 19.7 Å². The highest BCUT2D eigenvalue weighted by atomic mass is 16.5. The molecule has 0 aliphatic carbocycles. The quantitative estimate of drug-likeness (QED) is 0.764. The molecule has 0 spiro atoms. The molecule has 0 aliphatic heterocycles. The van der Waals surface area contributed by atoms with E-state index in [4.69, 9.17) is 14.9 Å². The highest BCUT2D eigenvalue weighted by molar-refractivity contribution is 5.94. The molecule has 0 aliphatic rings. The molecule has 0 unspecified atom stereocenters. The molecule has 0 aromatic heterocycles. The van der Waals surface area contributed by atoms with Crippen LogP contribution in [0.2, 0.25) is 0 Å². The number of aliphatic hydroxyl groups excluding tert-OH is 2. The van der Waals surface area contributed by atoms with Gasteiger partial charge in [0.25, 0.3) is 5.91 Å². The molecule has 0 saturated carbocycles. The van der Waals surface area contributed by atoms with Crippen molar-refractivity contribution in [2.75, 3.05) is 33.4 Å². The number of hydrogen-bond donors (Lipinski definition) is 2. The molecule has 5 nitrogen and oxygen atoms in total. The number of hydrogen-bond acceptors (Lipinski definition) is 4. The second kappa shape index (κ2) is 9.01. The predicted octanol–water partition coefficient (Wildman–Crippen LogP) is 0.884. The van der Waals surface area contributed by atoms with Crippen LogP contribution in [0.4, 0.5) is 0 Å². The fraction of sp³-hybridized carbons (Fsp3) is 0.438. The molecular weight excluding hydrogens is 270 g/mol. The van der Waals surface area contributed by atoms with Gasteiger partial charge in [-0.25, -0.2) is 0 Å². The number of rotatable bonds is 6. The van der Waals surface area contributed by atoms with Gasteiger partial charge in [0.2, 0.25) is 0 Å². The van der Waals surface area contributed by atoms with Gasteiger partial charge in [-0.05, 0) is 24.6 Å². The van der Waals surface area contributed by atoms with Crippen LogP contribution >= 0.6 is 0 Å². The summed E-state index contributed by atoms with van der Waals surface area (Å²) in [6, 6.07) is 4.99. The summed E-state index contributed by atoms with van der Waals surface area (Å²) < 4.78 is 5.18. The van der Waals surface area contributed by atoms with Crippen LogP contribution in [-0.4, -0.2) is 54.4 Å². The van der Waals surface area contributed by atoms with E-state index < -0.39 is 0 Å². The second-order valence-corrected chi connectivity index (χ2v) is 4.39. The van der Waals surface area contributed by atoms with Gasteiger partial charge in [-0.3, -0.25) is 4.79 Å². The van der Waals surface area contributed by atoms with Crippen molar-refractivity contribution in [3.05, 3.63) is 29.3 Å². The van der Waals surface area contributed by atoms with E-state index in [1.807, 2.05) is 6.92 Å². The van der Waals surface area contributed by atoms with Crippen LogP contribution in [0.5, 0.6) is 5.75 Å². The Morgan fingerprint density at radius 2 is 2.10 bits per heavy atom. The zero-order valence-electron chi connectivity index (χ0n) is 12.4. The van der Waals surface area contributed by atoms with E-state index in [0.717, 1.165) is 6.42 Å². The van der Waals surface area contributed by atoms with Crippen LogP contribution in [0.25, 0.3) is 0 Å². The minimum absolute atomic E-state index is 0.0704. The lowest BCUT2D eigenvalue weighted by Gasteiger charge is -2.21. The van der Waals surface area contributed by atoms with Gasteiger partial charge in [0.15, 0.2) is 0 Å². The third kappa shape index (κ3) is 4.78. The van der Waals surface area contributed by atoms with E-state index in [2.05, 4.69) is 11.8 Å². The topological polar surface area (TPSA) is 70.0 Å². The molecule has 1 amide bonds. The van der Waals surface area contributed by atoms with Gasteiger partial charge >= 0.3 is 0 Å². The highest BCUT2D eigenvalue weighted by Crippen LogP contribution is 2.20. The third-order valence-electron chi connectivity index (χ3n) is 2.90. The van der Waals surface area contributed by atoms with E-state index in [9.17, 15) is 4.79 Å². The van der Waals surface area contributed by atoms with Crippen molar-refractivity contribution in [2.45, 2.75) is 13.3 Å². The Kier molecular flexibility index (Phi) is 7.30. The molecule has 2 N–H and O–H groups in total. The summed E-state index contributed by atoms with van der Waals surface area (Å²) in [4.78, 5) is 14.0. The maximum absolute atomic E-state index is 12.4. The molecule has 0 heterocycles. The molecule has 114 valence electrons. The Balaban J connectivity index is 3.08. The summed E-state index contributed by atoms with van der Waals surface area (Å²) in [6.07, 6.45) is 0.819. The number of nitrogens with zero attached hydrogens (tertiary/aromatic N) is 1. The Labute approximate surface area is 125 Å². The number of carbonyl (C=O) groups excluding carboxylic acids is 1. The molecule has 0 atom stereocenters. The van der Waals surface area contributed by atoms with Crippen molar-refractivity contribution in [3.8, 4) is 17.6 Å². The minimum atomic E-state index is -0.256. The van der Waals surface area contributed by atoms with Crippen LogP contribution in [0.1, 0.15) is 29.3 Å². The van der Waals surface area contributed by atoms with Crippen LogP contribution in [0.15, 0.2) is 18.2 Å². The summed E-state index contributed by atoms with van der Waals surface area (Å²) in [5.41, 5.74) is 1.04. The summed E-state index contributed by atoms with van der Waals surface area (Å²) in [7, 11) is 1.52. The lowest BCUT2D eigenvalue weighted by atomic mass is 10.1. The first-order chi connectivity index (χ1) is 10.2. The van der Waals surface area contributed by atoms with Gasteiger partial charge < -0.3 is 19.8 Å². The van der Waals surface area contributed by atoms with E-state index in [1.165, 1.54) is 7.11 Å². The average molecular weight is 291 g/mol. The molecule has 1 aromatic rings. The lowest BCUT2D eigenvalue weighted by molar-refractivity contribution is 0.0722. The molecule has 0 saturated heterocycles. The Hall–Kier alpha value is -2.03. The fourth-order valence-electron chi connectivity index (χ4n) is 1.96. The van der Waals surface area contributed by atoms with Crippen molar-refractivity contribution >= 4 is 5.91 Å². The Morgan fingerprint density at radius 3 is 2.67 bits per heavy atom. The molecule has 21 heavy (non-hydrogen) atoms. The van der Waals surface area contributed by atoms with E-state index >= 15 is 0 Å². The zero-order chi connectivity index (χ0) is 15.7.